The second kappa shape index (κ2) is 8.52. The Balaban J connectivity index is 1.88. The van der Waals surface area contributed by atoms with Crippen LogP contribution in [0.4, 0.5) is 11.6 Å². The van der Waals surface area contributed by atoms with Crippen molar-refractivity contribution in [3.8, 4) is 11.5 Å². The van der Waals surface area contributed by atoms with Gasteiger partial charge < -0.3 is 15.8 Å². The number of ether oxygens (including phenoxy) is 1. The van der Waals surface area contributed by atoms with Gasteiger partial charge in [0.15, 0.2) is 5.82 Å². The van der Waals surface area contributed by atoms with Crippen LogP contribution in [0.25, 0.3) is 0 Å². The second-order valence-electron chi connectivity index (χ2n) is 5.43. The van der Waals surface area contributed by atoms with Gasteiger partial charge in [0.25, 0.3) is 5.91 Å². The van der Waals surface area contributed by atoms with E-state index in [4.69, 9.17) is 10.5 Å². The number of nitrogens with two attached hydrogens (primary N) is 1. The molecule has 136 valence electrons. The number of pyridine rings is 3. The molecule has 8 nitrogen and oxygen atoms in total. The zero-order valence-corrected chi connectivity index (χ0v) is 14.7. The molecule has 0 saturated carbocycles. The Kier molecular flexibility index (Phi) is 5.68. The first kappa shape index (κ1) is 18.0. The van der Waals surface area contributed by atoms with Crippen molar-refractivity contribution in [3.05, 3.63) is 66.2 Å². The summed E-state index contributed by atoms with van der Waals surface area (Å²) in [6.07, 6.45) is 6.51. The summed E-state index contributed by atoms with van der Waals surface area (Å²) in [5.41, 5.74) is 6.45. The molecule has 0 aliphatic carbocycles. The molecule has 0 aliphatic heterocycles. The summed E-state index contributed by atoms with van der Waals surface area (Å²) in [7, 11) is 0. The lowest BCUT2D eigenvalue weighted by Crippen LogP contribution is -2.14. The van der Waals surface area contributed by atoms with Crippen molar-refractivity contribution in [2.75, 3.05) is 5.32 Å². The maximum Gasteiger partial charge on any atom is 0.260 e. The highest BCUT2D eigenvalue weighted by atomic mass is 16.5. The van der Waals surface area contributed by atoms with Crippen molar-refractivity contribution in [2.45, 2.75) is 13.3 Å². The maximum atomic E-state index is 12.7. The van der Waals surface area contributed by atoms with Crippen molar-refractivity contribution >= 4 is 23.9 Å². The number of carbonyl (C=O) groups excluding carboxylic acids is 1. The van der Waals surface area contributed by atoms with Crippen LogP contribution in [0.2, 0.25) is 0 Å². The van der Waals surface area contributed by atoms with Crippen molar-refractivity contribution in [3.63, 3.8) is 0 Å². The molecular weight excluding hydrogens is 344 g/mol. The number of aliphatic imine (C=N–C) groups is 1. The predicted octanol–water partition coefficient (Wildman–Crippen LogP) is 3.10. The van der Waals surface area contributed by atoms with Crippen LogP contribution in [-0.2, 0) is 6.42 Å². The molecule has 0 unspecified atom stereocenters. The average Bonchev–Trinajstić information content (AvgIpc) is 2.70. The molecule has 3 rings (SSSR count). The Labute approximate surface area is 156 Å². The van der Waals surface area contributed by atoms with Gasteiger partial charge >= 0.3 is 0 Å². The minimum absolute atomic E-state index is 0.181. The van der Waals surface area contributed by atoms with Crippen LogP contribution < -0.4 is 15.8 Å². The molecular formula is C19H18N6O2. The minimum atomic E-state index is -0.416. The quantitative estimate of drug-likeness (QED) is 0.514. The Morgan fingerprint density at radius 3 is 2.89 bits per heavy atom. The summed E-state index contributed by atoms with van der Waals surface area (Å²) in [6.45, 7) is 1.99. The largest absolute Gasteiger partial charge is 0.454 e. The van der Waals surface area contributed by atoms with Gasteiger partial charge in [-0.25, -0.2) is 15.0 Å². The summed E-state index contributed by atoms with van der Waals surface area (Å²) in [5.74, 6) is 1.11. The third-order valence-electron chi connectivity index (χ3n) is 3.56. The highest BCUT2D eigenvalue weighted by Gasteiger charge is 2.15. The molecule has 0 bridgehead atoms. The molecule has 3 aromatic rings. The van der Waals surface area contributed by atoms with E-state index >= 15 is 0 Å². The number of aryl methyl sites for hydroxylation is 1. The monoisotopic (exact) mass is 362 g/mol. The van der Waals surface area contributed by atoms with Crippen molar-refractivity contribution in [1.82, 2.24) is 15.0 Å². The van der Waals surface area contributed by atoms with Gasteiger partial charge in [0, 0.05) is 11.9 Å². The van der Waals surface area contributed by atoms with Gasteiger partial charge in [0.1, 0.15) is 17.3 Å². The van der Waals surface area contributed by atoms with Gasteiger partial charge in [0.05, 0.1) is 24.3 Å². The topological polar surface area (TPSA) is 115 Å². The second-order valence-corrected chi connectivity index (χ2v) is 5.43. The lowest BCUT2D eigenvalue weighted by molar-refractivity contribution is 0.102. The number of hydrogen-bond acceptors (Lipinski definition) is 6. The predicted molar refractivity (Wildman–Crippen MR) is 102 cm³/mol. The third kappa shape index (κ3) is 4.63. The SMILES string of the molecule is CCc1cccc(NC(=O)c2cc(Oc3cccnc3)cnc2/N=C\N)n1. The molecule has 1 amide bonds. The Morgan fingerprint density at radius 1 is 1.26 bits per heavy atom. The van der Waals surface area contributed by atoms with E-state index in [-0.39, 0.29) is 11.4 Å². The molecule has 3 N–H and O–H groups in total. The Hall–Kier alpha value is -3.81. The van der Waals surface area contributed by atoms with E-state index in [2.05, 4.69) is 25.3 Å². The molecule has 0 spiro atoms. The van der Waals surface area contributed by atoms with Gasteiger partial charge in [-0.1, -0.05) is 13.0 Å². The first-order valence-corrected chi connectivity index (χ1v) is 8.29. The van der Waals surface area contributed by atoms with E-state index in [0.29, 0.717) is 17.3 Å². The lowest BCUT2D eigenvalue weighted by atomic mass is 10.2. The molecule has 0 radical (unpaired) electrons. The molecule has 27 heavy (non-hydrogen) atoms. The fourth-order valence-electron chi connectivity index (χ4n) is 2.31. The van der Waals surface area contributed by atoms with Crippen LogP contribution in [0.5, 0.6) is 11.5 Å². The molecule has 3 aromatic heterocycles. The number of anilines is 1. The Morgan fingerprint density at radius 2 is 2.15 bits per heavy atom. The van der Waals surface area contributed by atoms with E-state index in [1.165, 1.54) is 6.20 Å². The van der Waals surface area contributed by atoms with E-state index in [1.807, 2.05) is 19.1 Å². The van der Waals surface area contributed by atoms with Crippen molar-refractivity contribution in [1.29, 1.82) is 0 Å². The molecule has 0 saturated heterocycles. The molecule has 0 fully saturated rings. The normalized spacial score (nSPS) is 10.7. The molecule has 3 heterocycles. The van der Waals surface area contributed by atoms with Crippen molar-refractivity contribution in [2.24, 2.45) is 10.7 Å². The third-order valence-corrected chi connectivity index (χ3v) is 3.56. The maximum absolute atomic E-state index is 12.7. The van der Waals surface area contributed by atoms with Crippen LogP contribution in [-0.4, -0.2) is 27.2 Å². The lowest BCUT2D eigenvalue weighted by Gasteiger charge is -2.10. The summed E-state index contributed by atoms with van der Waals surface area (Å²) in [4.78, 5) is 29.2. The number of amides is 1. The summed E-state index contributed by atoms with van der Waals surface area (Å²) in [6, 6.07) is 10.5. The first-order chi connectivity index (χ1) is 13.2. The van der Waals surface area contributed by atoms with E-state index in [1.54, 1.807) is 36.7 Å². The highest BCUT2D eigenvalue weighted by Crippen LogP contribution is 2.26. The van der Waals surface area contributed by atoms with Crippen LogP contribution in [0.1, 0.15) is 23.0 Å². The van der Waals surface area contributed by atoms with Crippen molar-refractivity contribution < 1.29 is 9.53 Å². The number of aromatic nitrogens is 3. The Bertz CT molecular complexity index is 959. The molecule has 0 atom stereocenters. The number of hydrogen-bond donors (Lipinski definition) is 2. The summed E-state index contributed by atoms with van der Waals surface area (Å²) >= 11 is 0. The summed E-state index contributed by atoms with van der Waals surface area (Å²) < 4.78 is 5.69. The highest BCUT2D eigenvalue weighted by molar-refractivity contribution is 6.07. The number of rotatable bonds is 6. The van der Waals surface area contributed by atoms with Gasteiger partial charge in [-0.05, 0) is 36.8 Å². The van der Waals surface area contributed by atoms with Crippen LogP contribution in [0.15, 0.2) is 60.0 Å². The fraction of sp³-hybridized carbons (Fsp3) is 0.105. The number of nitrogens with zero attached hydrogens (tertiary/aromatic N) is 4. The van der Waals surface area contributed by atoms with E-state index < -0.39 is 5.91 Å². The van der Waals surface area contributed by atoms with Crippen LogP contribution in [0, 0.1) is 0 Å². The first-order valence-electron chi connectivity index (χ1n) is 8.29. The van der Waals surface area contributed by atoms with Crippen LogP contribution >= 0.6 is 0 Å². The average molecular weight is 362 g/mol. The number of nitrogens with one attached hydrogen (secondary N) is 1. The van der Waals surface area contributed by atoms with Gasteiger partial charge in [0.2, 0.25) is 0 Å². The zero-order valence-electron chi connectivity index (χ0n) is 14.7. The fourth-order valence-corrected chi connectivity index (χ4v) is 2.31. The van der Waals surface area contributed by atoms with Gasteiger partial charge in [-0.3, -0.25) is 9.78 Å². The van der Waals surface area contributed by atoms with Gasteiger partial charge in [-0.15, -0.1) is 0 Å². The zero-order chi connectivity index (χ0) is 19.1. The van der Waals surface area contributed by atoms with Gasteiger partial charge in [-0.2, -0.15) is 0 Å². The van der Waals surface area contributed by atoms with Crippen LogP contribution in [0.3, 0.4) is 0 Å². The van der Waals surface area contributed by atoms with E-state index in [0.717, 1.165) is 18.5 Å². The molecule has 0 aromatic carbocycles. The smallest absolute Gasteiger partial charge is 0.260 e. The molecule has 8 heteroatoms. The minimum Gasteiger partial charge on any atom is -0.454 e. The van der Waals surface area contributed by atoms with E-state index in [9.17, 15) is 4.79 Å². The number of carbonyl (C=O) groups is 1. The standard InChI is InChI=1S/C19H18N6O2/c1-2-13-5-3-7-17(24-13)25-19(26)16-9-15(11-22-18(16)23-12-20)27-14-6-4-8-21-10-14/h3-12H,2H2,1H3,(H2,20,22,23)(H,24,25,26). The summed E-state index contributed by atoms with van der Waals surface area (Å²) in [5, 5.41) is 2.75. The molecule has 0 aliphatic rings.